The van der Waals surface area contributed by atoms with Crippen LogP contribution in [0.5, 0.6) is 5.75 Å². The molecule has 110 valence electrons. The van der Waals surface area contributed by atoms with Crippen molar-refractivity contribution in [3.8, 4) is 16.5 Å². The van der Waals surface area contributed by atoms with Gasteiger partial charge in [0, 0.05) is 21.9 Å². The first-order valence-electron chi connectivity index (χ1n) is 7.12. The van der Waals surface area contributed by atoms with Gasteiger partial charge >= 0.3 is 0 Å². The van der Waals surface area contributed by atoms with Crippen LogP contribution < -0.4 is 4.74 Å². The van der Waals surface area contributed by atoms with Gasteiger partial charge in [0.05, 0.1) is 12.0 Å². The van der Waals surface area contributed by atoms with Gasteiger partial charge in [0.2, 0.25) is 0 Å². The fraction of sp³-hybridized carbons (Fsp3) is 0.176. The summed E-state index contributed by atoms with van der Waals surface area (Å²) in [6.45, 7) is 2.01. The van der Waals surface area contributed by atoms with Crippen LogP contribution in [0.1, 0.15) is 12.7 Å². The summed E-state index contributed by atoms with van der Waals surface area (Å²) in [5.41, 5.74) is 0. The van der Waals surface area contributed by atoms with Gasteiger partial charge in [0.25, 0.3) is 5.89 Å². The lowest BCUT2D eigenvalue weighted by molar-refractivity contribution is 0.423. The highest BCUT2D eigenvalue weighted by molar-refractivity contribution is 7.22. The number of thiophene rings is 1. The van der Waals surface area contributed by atoms with E-state index < -0.39 is 0 Å². The molecule has 0 aliphatic rings. The summed E-state index contributed by atoms with van der Waals surface area (Å²) in [5.74, 6) is 2.19. The SMILES string of the molecule is CCc1noc(-c2cc3c(OC)c4ccccc4cc3s2)n1. The molecule has 0 aliphatic heterocycles. The van der Waals surface area contributed by atoms with Crippen LogP contribution in [-0.4, -0.2) is 17.3 Å². The number of benzene rings is 2. The molecule has 0 aliphatic carbocycles. The van der Waals surface area contributed by atoms with Gasteiger partial charge in [-0.2, -0.15) is 4.98 Å². The minimum Gasteiger partial charge on any atom is -0.495 e. The van der Waals surface area contributed by atoms with E-state index in [1.807, 2.05) is 19.1 Å². The highest BCUT2D eigenvalue weighted by atomic mass is 32.1. The Morgan fingerprint density at radius 1 is 1.18 bits per heavy atom. The highest BCUT2D eigenvalue weighted by Crippen LogP contribution is 2.41. The van der Waals surface area contributed by atoms with Crippen molar-refractivity contribution < 1.29 is 9.26 Å². The summed E-state index contributed by atoms with van der Waals surface area (Å²) in [7, 11) is 1.71. The van der Waals surface area contributed by atoms with Crippen LogP contribution in [0.25, 0.3) is 31.6 Å². The molecule has 0 atom stereocenters. The van der Waals surface area contributed by atoms with Crippen LogP contribution >= 0.6 is 11.3 Å². The maximum atomic E-state index is 5.66. The molecule has 0 saturated carbocycles. The third-order valence-corrected chi connectivity index (χ3v) is 4.77. The van der Waals surface area contributed by atoms with Crippen molar-refractivity contribution >= 4 is 32.2 Å². The summed E-state index contributed by atoms with van der Waals surface area (Å²) in [6, 6.07) is 12.5. The van der Waals surface area contributed by atoms with Gasteiger partial charge in [-0.15, -0.1) is 11.3 Å². The summed E-state index contributed by atoms with van der Waals surface area (Å²) < 4.78 is 12.2. The molecule has 0 bridgehead atoms. The van der Waals surface area contributed by atoms with Gasteiger partial charge in [0.15, 0.2) is 5.82 Å². The van der Waals surface area contributed by atoms with Crippen molar-refractivity contribution in [2.24, 2.45) is 0 Å². The van der Waals surface area contributed by atoms with Crippen LogP contribution in [0.2, 0.25) is 0 Å². The van der Waals surface area contributed by atoms with Crippen molar-refractivity contribution in [3.05, 3.63) is 42.2 Å². The molecule has 5 heteroatoms. The first-order chi connectivity index (χ1) is 10.8. The van der Waals surface area contributed by atoms with E-state index in [1.165, 1.54) is 5.39 Å². The number of hydrogen-bond donors (Lipinski definition) is 0. The van der Waals surface area contributed by atoms with E-state index in [0.717, 1.165) is 38.3 Å². The number of methoxy groups -OCH3 is 1. The zero-order valence-corrected chi connectivity index (χ0v) is 13.1. The molecule has 4 rings (SSSR count). The molecular formula is C17H14N2O2S. The van der Waals surface area contributed by atoms with E-state index in [-0.39, 0.29) is 0 Å². The zero-order chi connectivity index (χ0) is 15.1. The van der Waals surface area contributed by atoms with E-state index >= 15 is 0 Å². The number of aryl methyl sites for hydroxylation is 1. The number of nitrogens with zero attached hydrogens (tertiary/aromatic N) is 2. The predicted molar refractivity (Wildman–Crippen MR) is 88.6 cm³/mol. The molecule has 0 amide bonds. The van der Waals surface area contributed by atoms with Gasteiger partial charge in [0.1, 0.15) is 5.75 Å². The second kappa shape index (κ2) is 5.10. The topological polar surface area (TPSA) is 48.2 Å². The molecular weight excluding hydrogens is 296 g/mol. The summed E-state index contributed by atoms with van der Waals surface area (Å²) in [4.78, 5) is 5.38. The van der Waals surface area contributed by atoms with Gasteiger partial charge in [-0.25, -0.2) is 0 Å². The molecule has 22 heavy (non-hydrogen) atoms. The number of rotatable bonds is 3. The smallest absolute Gasteiger partial charge is 0.268 e. The Balaban J connectivity index is 1.98. The molecule has 2 aromatic heterocycles. The van der Waals surface area contributed by atoms with Crippen LogP contribution in [0.4, 0.5) is 0 Å². The van der Waals surface area contributed by atoms with E-state index in [0.29, 0.717) is 5.89 Å². The quantitative estimate of drug-likeness (QED) is 0.551. The third-order valence-electron chi connectivity index (χ3n) is 3.70. The minimum absolute atomic E-state index is 0.573. The number of hydrogen-bond acceptors (Lipinski definition) is 5. The Morgan fingerprint density at radius 3 is 2.82 bits per heavy atom. The average molecular weight is 310 g/mol. The van der Waals surface area contributed by atoms with Gasteiger partial charge < -0.3 is 9.26 Å². The van der Waals surface area contributed by atoms with E-state index in [1.54, 1.807) is 18.4 Å². The van der Waals surface area contributed by atoms with Gasteiger partial charge in [-0.3, -0.25) is 0 Å². The van der Waals surface area contributed by atoms with Gasteiger partial charge in [-0.05, 0) is 17.5 Å². The Hall–Kier alpha value is -2.40. The van der Waals surface area contributed by atoms with Crippen LogP contribution in [0.15, 0.2) is 40.9 Å². The van der Waals surface area contributed by atoms with Crippen LogP contribution in [0.3, 0.4) is 0 Å². The maximum Gasteiger partial charge on any atom is 0.268 e. The monoisotopic (exact) mass is 310 g/mol. The van der Waals surface area contributed by atoms with Crippen LogP contribution in [-0.2, 0) is 6.42 Å². The second-order valence-electron chi connectivity index (χ2n) is 5.02. The van der Waals surface area contributed by atoms with Crippen molar-refractivity contribution in [3.63, 3.8) is 0 Å². The van der Waals surface area contributed by atoms with Crippen LogP contribution in [0, 0.1) is 0 Å². The van der Waals surface area contributed by atoms with Gasteiger partial charge in [-0.1, -0.05) is 36.3 Å². The number of fused-ring (bicyclic) bond motifs is 2. The molecule has 0 fully saturated rings. The standard InChI is InChI=1S/C17H14N2O2S/c1-3-15-18-17(21-19-15)14-9-12-13(22-14)8-10-6-4-5-7-11(10)16(12)20-2/h4-9H,3H2,1-2H3. The number of ether oxygens (including phenoxy) is 1. The average Bonchev–Trinajstić information content (AvgIpc) is 3.18. The molecule has 4 nitrogen and oxygen atoms in total. The first-order valence-corrected chi connectivity index (χ1v) is 7.94. The maximum absolute atomic E-state index is 5.66. The summed E-state index contributed by atoms with van der Waals surface area (Å²) in [5, 5.41) is 7.33. The van der Waals surface area contributed by atoms with Crippen molar-refractivity contribution in [2.75, 3.05) is 7.11 Å². The Labute approximate surface area is 131 Å². The van der Waals surface area contributed by atoms with E-state index in [2.05, 4.69) is 34.4 Å². The molecule has 0 spiro atoms. The van der Waals surface area contributed by atoms with E-state index in [4.69, 9.17) is 9.26 Å². The summed E-state index contributed by atoms with van der Waals surface area (Å²) in [6.07, 6.45) is 0.765. The second-order valence-corrected chi connectivity index (χ2v) is 6.11. The zero-order valence-electron chi connectivity index (χ0n) is 12.3. The Kier molecular flexibility index (Phi) is 3.08. The fourth-order valence-electron chi connectivity index (χ4n) is 2.63. The van der Waals surface area contributed by atoms with Crippen molar-refractivity contribution in [1.82, 2.24) is 10.1 Å². The Morgan fingerprint density at radius 2 is 2.05 bits per heavy atom. The third kappa shape index (κ3) is 1.97. The highest BCUT2D eigenvalue weighted by Gasteiger charge is 2.15. The fourth-order valence-corrected chi connectivity index (χ4v) is 3.66. The Bertz CT molecular complexity index is 971. The molecule has 0 saturated heterocycles. The molecule has 0 N–H and O–H groups in total. The lowest BCUT2D eigenvalue weighted by Gasteiger charge is -2.06. The molecule has 2 heterocycles. The van der Waals surface area contributed by atoms with Crippen molar-refractivity contribution in [1.29, 1.82) is 0 Å². The lowest BCUT2D eigenvalue weighted by atomic mass is 10.1. The number of aromatic nitrogens is 2. The van der Waals surface area contributed by atoms with Crippen molar-refractivity contribution in [2.45, 2.75) is 13.3 Å². The minimum atomic E-state index is 0.573. The lowest BCUT2D eigenvalue weighted by Crippen LogP contribution is -1.85. The normalized spacial score (nSPS) is 11.4. The molecule has 0 unspecified atom stereocenters. The first kappa shape index (κ1) is 13.3. The summed E-state index contributed by atoms with van der Waals surface area (Å²) >= 11 is 1.64. The molecule has 2 aromatic carbocycles. The molecule has 4 aromatic rings. The largest absolute Gasteiger partial charge is 0.495 e. The molecule has 0 radical (unpaired) electrons. The van der Waals surface area contributed by atoms with E-state index in [9.17, 15) is 0 Å². The predicted octanol–water partition coefficient (Wildman–Crippen LogP) is 4.68.